The number of Topliss-reactive ketones (excluding diaryl/α,β-unsaturated/α-hetero) is 1. The molecule has 1 saturated heterocycles. The molecule has 1 aromatic carbocycles. The van der Waals surface area contributed by atoms with Crippen LogP contribution in [0.1, 0.15) is 49.7 Å². The number of ether oxygens (including phenoxy) is 1. The molecule has 0 radical (unpaired) electrons. The van der Waals surface area contributed by atoms with E-state index in [2.05, 4.69) is 19.9 Å². The van der Waals surface area contributed by atoms with Gasteiger partial charge in [0.25, 0.3) is 11.8 Å². The van der Waals surface area contributed by atoms with Crippen LogP contribution in [-0.2, 0) is 37.0 Å². The molecule has 0 aliphatic carbocycles. The number of hydrogen-bond donors (Lipinski definition) is 2. The Bertz CT molecular complexity index is 1240. The number of aromatic nitrogens is 4. The number of ketones is 1. The van der Waals surface area contributed by atoms with Gasteiger partial charge in [0.05, 0.1) is 6.33 Å². The van der Waals surface area contributed by atoms with Crippen LogP contribution in [0.15, 0.2) is 30.6 Å². The van der Waals surface area contributed by atoms with Gasteiger partial charge in [-0.05, 0) is 24.0 Å². The number of nitrogens with one attached hydrogen (secondary N) is 1. The number of aromatic amines is 1. The second-order valence-corrected chi connectivity index (χ2v) is 8.03. The molecule has 4 rings (SSSR count). The lowest BCUT2D eigenvalue weighted by molar-refractivity contribution is -0.197. The zero-order valence-corrected chi connectivity index (χ0v) is 18.9. The molecular weight excluding hydrogens is 456 g/mol. The van der Waals surface area contributed by atoms with Gasteiger partial charge in [-0.15, -0.1) is 5.06 Å². The highest BCUT2D eigenvalue weighted by Gasteiger charge is 2.32. The number of nitrogen functional groups attached to an aromatic ring is 1. The highest BCUT2D eigenvalue weighted by Crippen LogP contribution is 2.21. The van der Waals surface area contributed by atoms with Crippen molar-refractivity contribution in [1.82, 2.24) is 25.0 Å². The van der Waals surface area contributed by atoms with Crippen molar-refractivity contribution in [1.29, 1.82) is 0 Å². The molecule has 0 atom stereocenters. The van der Waals surface area contributed by atoms with Crippen LogP contribution in [0, 0.1) is 0 Å². The average molecular weight is 480 g/mol. The monoisotopic (exact) mass is 480 g/mol. The molecule has 12 heteroatoms. The molecule has 3 N–H and O–H groups in total. The summed E-state index contributed by atoms with van der Waals surface area (Å²) >= 11 is 0. The number of imidazole rings is 1. The molecular formula is C23H24N6O6. The fourth-order valence-corrected chi connectivity index (χ4v) is 3.52. The molecule has 3 aromatic rings. The van der Waals surface area contributed by atoms with Gasteiger partial charge in [0.15, 0.2) is 5.65 Å². The van der Waals surface area contributed by atoms with Gasteiger partial charge in [-0.2, -0.15) is 9.97 Å². The molecule has 0 unspecified atom stereocenters. The van der Waals surface area contributed by atoms with Gasteiger partial charge in [-0.25, -0.2) is 9.78 Å². The van der Waals surface area contributed by atoms with Crippen molar-refractivity contribution in [2.45, 2.75) is 51.6 Å². The molecule has 1 fully saturated rings. The summed E-state index contributed by atoms with van der Waals surface area (Å²) in [4.78, 5) is 66.7. The van der Waals surface area contributed by atoms with Gasteiger partial charge in [0.1, 0.15) is 17.9 Å². The lowest BCUT2D eigenvalue weighted by atomic mass is 10.0. The predicted octanol–water partition coefficient (Wildman–Crippen LogP) is 1.79. The Morgan fingerprint density at radius 2 is 1.71 bits per heavy atom. The zero-order valence-electron chi connectivity index (χ0n) is 18.9. The first kappa shape index (κ1) is 23.8. The molecule has 2 amide bonds. The van der Waals surface area contributed by atoms with E-state index >= 15 is 0 Å². The maximum Gasteiger partial charge on any atom is 0.333 e. The fraction of sp³-hybridized carbons (Fsp3) is 0.348. The van der Waals surface area contributed by atoms with Crippen LogP contribution in [0.2, 0.25) is 0 Å². The Kier molecular flexibility index (Phi) is 7.29. The van der Waals surface area contributed by atoms with Crippen LogP contribution in [0.5, 0.6) is 5.88 Å². The summed E-state index contributed by atoms with van der Waals surface area (Å²) < 4.78 is 5.77. The Labute approximate surface area is 199 Å². The van der Waals surface area contributed by atoms with E-state index in [1.165, 1.54) is 6.33 Å². The number of imide groups is 1. The van der Waals surface area contributed by atoms with Gasteiger partial charge in [-0.3, -0.25) is 14.4 Å². The topological polar surface area (TPSA) is 170 Å². The first-order valence-corrected chi connectivity index (χ1v) is 11.1. The van der Waals surface area contributed by atoms with E-state index in [0.717, 1.165) is 11.1 Å². The van der Waals surface area contributed by atoms with E-state index in [0.29, 0.717) is 41.4 Å². The summed E-state index contributed by atoms with van der Waals surface area (Å²) in [5.74, 6) is -1.33. The quantitative estimate of drug-likeness (QED) is 0.386. The van der Waals surface area contributed by atoms with Crippen LogP contribution >= 0.6 is 0 Å². The molecule has 2 aromatic heterocycles. The molecule has 1 aliphatic rings. The highest BCUT2D eigenvalue weighted by molar-refractivity contribution is 6.01. The van der Waals surface area contributed by atoms with E-state index in [-0.39, 0.29) is 44.0 Å². The SMILES string of the molecule is Nc1nc(OCc2ccc(CCC(=O)CCCC(=O)ON3C(=O)CCC3=O)cc2)c2[nH]cnc2n1. The van der Waals surface area contributed by atoms with E-state index in [9.17, 15) is 19.2 Å². The Balaban J connectivity index is 1.17. The number of nitrogens with zero attached hydrogens (tertiary/aromatic N) is 4. The number of hydrogen-bond acceptors (Lipinski definition) is 10. The lowest BCUT2D eigenvalue weighted by Crippen LogP contribution is -2.32. The van der Waals surface area contributed by atoms with Gasteiger partial charge < -0.3 is 20.3 Å². The number of nitrogens with two attached hydrogens (primary N) is 1. The summed E-state index contributed by atoms with van der Waals surface area (Å²) in [7, 11) is 0. The number of carbonyl (C=O) groups is 4. The van der Waals surface area contributed by atoms with Crippen molar-refractivity contribution in [3.05, 3.63) is 41.7 Å². The van der Waals surface area contributed by atoms with Crippen molar-refractivity contribution in [3.63, 3.8) is 0 Å². The van der Waals surface area contributed by atoms with Crippen LogP contribution in [0.25, 0.3) is 11.2 Å². The number of aryl methyl sites for hydroxylation is 1. The molecule has 0 saturated carbocycles. The lowest BCUT2D eigenvalue weighted by Gasteiger charge is -2.12. The van der Waals surface area contributed by atoms with Gasteiger partial charge in [-0.1, -0.05) is 24.3 Å². The molecule has 12 nitrogen and oxygen atoms in total. The number of carbonyl (C=O) groups excluding carboxylic acids is 4. The van der Waals surface area contributed by atoms with Gasteiger partial charge in [0, 0.05) is 32.1 Å². The summed E-state index contributed by atoms with van der Waals surface area (Å²) in [6, 6.07) is 7.66. The van der Waals surface area contributed by atoms with Gasteiger partial charge in [0.2, 0.25) is 11.8 Å². The van der Waals surface area contributed by atoms with E-state index in [1.54, 1.807) is 0 Å². The smallest absolute Gasteiger partial charge is 0.333 e. The third-order valence-electron chi connectivity index (χ3n) is 5.40. The molecule has 182 valence electrons. The maximum absolute atomic E-state index is 12.2. The number of H-pyrrole nitrogens is 1. The molecule has 0 bridgehead atoms. The molecule has 35 heavy (non-hydrogen) atoms. The predicted molar refractivity (Wildman–Crippen MR) is 121 cm³/mol. The van der Waals surface area contributed by atoms with Crippen LogP contribution in [0.4, 0.5) is 5.95 Å². The number of anilines is 1. The first-order valence-electron chi connectivity index (χ1n) is 11.1. The summed E-state index contributed by atoms with van der Waals surface area (Å²) in [5, 5.41) is 0.514. The Hall–Kier alpha value is -4.35. The van der Waals surface area contributed by atoms with E-state index in [1.807, 2.05) is 24.3 Å². The van der Waals surface area contributed by atoms with Crippen LogP contribution in [-0.4, -0.2) is 48.6 Å². The molecule has 3 heterocycles. The summed E-state index contributed by atoms with van der Waals surface area (Å²) in [6.45, 7) is 0.272. The number of amides is 2. The average Bonchev–Trinajstić information content (AvgIpc) is 3.43. The minimum absolute atomic E-state index is 0.0171. The van der Waals surface area contributed by atoms with E-state index in [4.69, 9.17) is 15.3 Å². The first-order chi connectivity index (χ1) is 16.9. The van der Waals surface area contributed by atoms with Crippen LogP contribution < -0.4 is 10.5 Å². The Morgan fingerprint density at radius 3 is 2.46 bits per heavy atom. The van der Waals surface area contributed by atoms with Crippen molar-refractivity contribution < 1.29 is 28.8 Å². The fourth-order valence-electron chi connectivity index (χ4n) is 3.52. The number of hydroxylamine groups is 2. The standard InChI is InChI=1S/C23H24N6O6/c24-23-27-21-20(25-13-26-21)22(28-23)34-12-15-6-4-14(5-7-15)8-9-16(30)2-1-3-19(33)35-29-17(31)10-11-18(29)32/h4-7,13H,1-3,8-12H2,(H3,24,25,26,27,28). The van der Waals surface area contributed by atoms with Crippen molar-refractivity contribution in [2.75, 3.05) is 5.73 Å². The number of rotatable bonds is 11. The van der Waals surface area contributed by atoms with Crippen molar-refractivity contribution >= 4 is 40.7 Å². The second kappa shape index (κ2) is 10.7. The highest BCUT2D eigenvalue weighted by atomic mass is 16.7. The van der Waals surface area contributed by atoms with Crippen molar-refractivity contribution in [2.24, 2.45) is 0 Å². The van der Waals surface area contributed by atoms with E-state index < -0.39 is 17.8 Å². The summed E-state index contributed by atoms with van der Waals surface area (Å²) in [5.41, 5.74) is 8.60. The van der Waals surface area contributed by atoms with Crippen LogP contribution in [0.3, 0.4) is 0 Å². The van der Waals surface area contributed by atoms with Crippen molar-refractivity contribution in [3.8, 4) is 5.88 Å². The third-order valence-corrected chi connectivity index (χ3v) is 5.40. The minimum Gasteiger partial charge on any atom is -0.471 e. The minimum atomic E-state index is -0.697. The summed E-state index contributed by atoms with van der Waals surface area (Å²) in [6.07, 6.45) is 2.96. The second-order valence-electron chi connectivity index (χ2n) is 8.03. The zero-order chi connectivity index (χ0) is 24.8. The number of benzene rings is 1. The molecule has 1 aliphatic heterocycles. The number of fused-ring (bicyclic) bond motifs is 1. The third kappa shape index (κ3) is 6.16. The Morgan fingerprint density at radius 1 is 1.00 bits per heavy atom. The largest absolute Gasteiger partial charge is 0.471 e. The normalized spacial score (nSPS) is 13.4. The van der Waals surface area contributed by atoms with Gasteiger partial charge >= 0.3 is 5.97 Å². The maximum atomic E-state index is 12.2. The molecule has 0 spiro atoms.